The van der Waals surface area contributed by atoms with Crippen molar-refractivity contribution < 1.29 is 0 Å². The van der Waals surface area contributed by atoms with Crippen molar-refractivity contribution in [2.45, 2.75) is 20.3 Å². The Morgan fingerprint density at radius 3 is 2.57 bits per heavy atom. The summed E-state index contributed by atoms with van der Waals surface area (Å²) in [5.74, 6) is 0.738. The highest BCUT2D eigenvalue weighted by molar-refractivity contribution is 6.17. The number of para-hydroxylation sites is 1. The molecule has 0 aliphatic carbocycles. The van der Waals surface area contributed by atoms with Gasteiger partial charge in [0.1, 0.15) is 0 Å². The Labute approximate surface area is 91.7 Å². The molecular formula is C12H18ClN. The summed E-state index contributed by atoms with van der Waals surface area (Å²) in [5.41, 5.74) is 2.67. The van der Waals surface area contributed by atoms with Crippen molar-refractivity contribution >= 4 is 17.3 Å². The van der Waals surface area contributed by atoms with Gasteiger partial charge in [-0.05, 0) is 31.9 Å². The van der Waals surface area contributed by atoms with Gasteiger partial charge in [0, 0.05) is 24.7 Å². The fourth-order valence-corrected chi connectivity index (χ4v) is 1.74. The zero-order chi connectivity index (χ0) is 10.4. The van der Waals surface area contributed by atoms with E-state index in [0.29, 0.717) is 0 Å². The number of benzene rings is 1. The summed E-state index contributed by atoms with van der Waals surface area (Å²) in [4.78, 5) is 2.37. The van der Waals surface area contributed by atoms with E-state index in [-0.39, 0.29) is 0 Å². The van der Waals surface area contributed by atoms with E-state index in [9.17, 15) is 0 Å². The third-order valence-electron chi connectivity index (χ3n) is 2.40. The lowest BCUT2D eigenvalue weighted by atomic mass is 10.2. The molecule has 0 heterocycles. The maximum atomic E-state index is 5.70. The van der Waals surface area contributed by atoms with E-state index in [4.69, 9.17) is 11.6 Å². The summed E-state index contributed by atoms with van der Waals surface area (Å²) in [6.45, 7) is 6.42. The van der Waals surface area contributed by atoms with Gasteiger partial charge in [-0.1, -0.05) is 18.2 Å². The molecule has 0 radical (unpaired) electrons. The number of anilines is 1. The normalized spacial score (nSPS) is 10.2. The van der Waals surface area contributed by atoms with Crippen molar-refractivity contribution in [2.24, 2.45) is 0 Å². The van der Waals surface area contributed by atoms with Crippen LogP contribution in [0.2, 0.25) is 0 Å². The summed E-state index contributed by atoms with van der Waals surface area (Å²) in [5, 5.41) is 0. The van der Waals surface area contributed by atoms with Crippen LogP contribution in [-0.2, 0) is 0 Å². The number of nitrogens with zero attached hydrogens (tertiary/aromatic N) is 1. The van der Waals surface area contributed by atoms with Gasteiger partial charge in [-0.2, -0.15) is 0 Å². The van der Waals surface area contributed by atoms with E-state index in [1.54, 1.807) is 0 Å². The minimum absolute atomic E-state index is 0.738. The van der Waals surface area contributed by atoms with Crippen LogP contribution in [0.25, 0.3) is 0 Å². The molecular weight excluding hydrogens is 194 g/mol. The lowest BCUT2D eigenvalue weighted by molar-refractivity contribution is 0.792. The predicted octanol–water partition coefficient (Wildman–Crippen LogP) is 3.45. The first-order valence-electron chi connectivity index (χ1n) is 5.16. The Bertz CT molecular complexity index is 273. The molecule has 0 atom stereocenters. The molecule has 0 aliphatic heterocycles. The maximum absolute atomic E-state index is 5.70. The van der Waals surface area contributed by atoms with Crippen LogP contribution in [0.3, 0.4) is 0 Å². The van der Waals surface area contributed by atoms with Crippen molar-refractivity contribution in [2.75, 3.05) is 23.9 Å². The SMILES string of the molecule is CCN(CCCCl)c1ccccc1C. The number of alkyl halides is 1. The molecule has 0 unspecified atom stereocenters. The van der Waals surface area contributed by atoms with Gasteiger partial charge in [0.15, 0.2) is 0 Å². The minimum atomic E-state index is 0.738. The van der Waals surface area contributed by atoms with E-state index < -0.39 is 0 Å². The average Bonchev–Trinajstić information content (AvgIpc) is 2.21. The van der Waals surface area contributed by atoms with Crippen LogP contribution in [0.1, 0.15) is 18.9 Å². The molecule has 0 N–H and O–H groups in total. The van der Waals surface area contributed by atoms with Gasteiger partial charge in [0.2, 0.25) is 0 Å². The second-order valence-corrected chi connectivity index (χ2v) is 3.79. The molecule has 0 bridgehead atoms. The first-order valence-corrected chi connectivity index (χ1v) is 5.69. The fourth-order valence-electron chi connectivity index (χ4n) is 1.62. The predicted molar refractivity (Wildman–Crippen MR) is 64.4 cm³/mol. The molecule has 0 saturated heterocycles. The molecule has 0 aromatic heterocycles. The van der Waals surface area contributed by atoms with E-state index in [0.717, 1.165) is 25.4 Å². The lowest BCUT2D eigenvalue weighted by Gasteiger charge is -2.24. The van der Waals surface area contributed by atoms with Crippen molar-refractivity contribution in [3.63, 3.8) is 0 Å². The van der Waals surface area contributed by atoms with Crippen molar-refractivity contribution in [1.82, 2.24) is 0 Å². The van der Waals surface area contributed by atoms with E-state index >= 15 is 0 Å². The van der Waals surface area contributed by atoms with E-state index in [1.165, 1.54) is 11.3 Å². The lowest BCUT2D eigenvalue weighted by Crippen LogP contribution is -2.24. The first-order chi connectivity index (χ1) is 6.79. The Morgan fingerprint density at radius 1 is 1.29 bits per heavy atom. The molecule has 78 valence electrons. The van der Waals surface area contributed by atoms with E-state index in [1.807, 2.05) is 0 Å². The second-order valence-electron chi connectivity index (χ2n) is 3.41. The van der Waals surface area contributed by atoms with Crippen molar-refractivity contribution in [3.05, 3.63) is 29.8 Å². The van der Waals surface area contributed by atoms with Gasteiger partial charge < -0.3 is 4.90 Å². The monoisotopic (exact) mass is 211 g/mol. The molecule has 0 fully saturated rings. The molecule has 0 aliphatic rings. The van der Waals surface area contributed by atoms with Gasteiger partial charge in [-0.15, -0.1) is 11.6 Å². The Morgan fingerprint density at radius 2 is 2.00 bits per heavy atom. The highest BCUT2D eigenvalue weighted by Gasteiger charge is 2.05. The average molecular weight is 212 g/mol. The molecule has 0 spiro atoms. The Balaban J connectivity index is 2.73. The van der Waals surface area contributed by atoms with E-state index in [2.05, 4.69) is 43.0 Å². The number of halogens is 1. The van der Waals surface area contributed by atoms with Crippen LogP contribution in [0.4, 0.5) is 5.69 Å². The molecule has 0 amide bonds. The van der Waals surface area contributed by atoms with Crippen molar-refractivity contribution in [1.29, 1.82) is 0 Å². The van der Waals surface area contributed by atoms with Crippen molar-refractivity contribution in [3.8, 4) is 0 Å². The van der Waals surface area contributed by atoms with Gasteiger partial charge >= 0.3 is 0 Å². The number of hydrogen-bond acceptors (Lipinski definition) is 1. The largest absolute Gasteiger partial charge is 0.372 e. The molecule has 1 aromatic rings. The topological polar surface area (TPSA) is 3.24 Å². The van der Waals surface area contributed by atoms with Crippen LogP contribution in [0, 0.1) is 6.92 Å². The quantitative estimate of drug-likeness (QED) is 0.675. The summed E-state index contributed by atoms with van der Waals surface area (Å²) in [6, 6.07) is 8.49. The highest BCUT2D eigenvalue weighted by atomic mass is 35.5. The number of aryl methyl sites for hydroxylation is 1. The van der Waals surface area contributed by atoms with Gasteiger partial charge in [0.05, 0.1) is 0 Å². The second kappa shape index (κ2) is 5.92. The standard InChI is InChI=1S/C12H18ClN/c1-3-14(10-6-9-13)12-8-5-4-7-11(12)2/h4-5,7-8H,3,6,9-10H2,1-2H3. The number of rotatable bonds is 5. The zero-order valence-corrected chi connectivity index (χ0v) is 9.72. The van der Waals surface area contributed by atoms with Crippen LogP contribution in [0.15, 0.2) is 24.3 Å². The summed E-state index contributed by atoms with van der Waals surface area (Å²) in [6.07, 6.45) is 1.05. The fraction of sp³-hybridized carbons (Fsp3) is 0.500. The Hall–Kier alpha value is -0.690. The third-order valence-corrected chi connectivity index (χ3v) is 2.67. The van der Waals surface area contributed by atoms with Crippen LogP contribution in [-0.4, -0.2) is 19.0 Å². The summed E-state index contributed by atoms with van der Waals surface area (Å²) < 4.78 is 0. The zero-order valence-electron chi connectivity index (χ0n) is 8.96. The first kappa shape index (κ1) is 11.4. The molecule has 1 nitrogen and oxygen atoms in total. The summed E-state index contributed by atoms with van der Waals surface area (Å²) >= 11 is 5.70. The summed E-state index contributed by atoms with van der Waals surface area (Å²) in [7, 11) is 0. The highest BCUT2D eigenvalue weighted by Crippen LogP contribution is 2.19. The minimum Gasteiger partial charge on any atom is -0.372 e. The molecule has 1 rings (SSSR count). The third kappa shape index (κ3) is 2.91. The number of hydrogen-bond donors (Lipinski definition) is 0. The Kier molecular flexibility index (Phi) is 4.81. The van der Waals surface area contributed by atoms with Gasteiger partial charge in [0.25, 0.3) is 0 Å². The van der Waals surface area contributed by atoms with Gasteiger partial charge in [-0.3, -0.25) is 0 Å². The van der Waals surface area contributed by atoms with Crippen LogP contribution in [0.5, 0.6) is 0 Å². The smallest absolute Gasteiger partial charge is 0.0395 e. The van der Waals surface area contributed by atoms with Crippen LogP contribution >= 0.6 is 11.6 Å². The molecule has 14 heavy (non-hydrogen) atoms. The van der Waals surface area contributed by atoms with Crippen LogP contribution < -0.4 is 4.90 Å². The van der Waals surface area contributed by atoms with Gasteiger partial charge in [-0.25, -0.2) is 0 Å². The molecule has 0 saturated carbocycles. The molecule has 1 aromatic carbocycles. The molecule has 2 heteroatoms. The maximum Gasteiger partial charge on any atom is 0.0395 e.